The van der Waals surface area contributed by atoms with Crippen molar-refractivity contribution in [2.45, 2.75) is 6.54 Å². The molecule has 25 heavy (non-hydrogen) atoms. The molecule has 0 unspecified atom stereocenters. The lowest BCUT2D eigenvalue weighted by Gasteiger charge is -2.28. The minimum atomic E-state index is -0.405. The second-order valence-corrected chi connectivity index (χ2v) is 6.63. The highest BCUT2D eigenvalue weighted by Gasteiger charge is 2.16. The van der Waals surface area contributed by atoms with Crippen LogP contribution in [0.4, 0.5) is 17.1 Å². The van der Waals surface area contributed by atoms with Gasteiger partial charge in [-0.15, -0.1) is 0 Å². The first kappa shape index (κ1) is 17.2. The van der Waals surface area contributed by atoms with E-state index in [1.54, 1.807) is 12.1 Å². The fourth-order valence-corrected chi connectivity index (χ4v) is 3.04. The Morgan fingerprint density at radius 3 is 2.68 bits per heavy atom. The largest absolute Gasteiger partial charge is 0.375 e. The van der Waals surface area contributed by atoms with Gasteiger partial charge in [-0.3, -0.25) is 14.9 Å². The lowest BCUT2D eigenvalue weighted by atomic mass is 10.1. The predicted molar refractivity (Wildman–Crippen MR) is 99.8 cm³/mol. The molecule has 0 saturated carbocycles. The average molecular weight is 405 g/mol. The maximum Gasteiger partial charge on any atom is 0.293 e. The van der Waals surface area contributed by atoms with Gasteiger partial charge in [-0.25, -0.2) is 0 Å². The number of anilines is 2. The predicted octanol–water partition coefficient (Wildman–Crippen LogP) is 2.91. The Kier molecular flexibility index (Phi) is 5.18. The lowest BCUT2D eigenvalue weighted by molar-refractivity contribution is -0.384. The number of rotatable bonds is 5. The number of nitro groups is 1. The molecule has 130 valence electrons. The molecule has 2 aromatic rings. The van der Waals surface area contributed by atoms with E-state index >= 15 is 0 Å². The monoisotopic (exact) mass is 404 g/mol. The molecular formula is C17H17BrN4O3. The first-order chi connectivity index (χ1) is 12.0. The molecule has 0 radical (unpaired) electrons. The zero-order chi connectivity index (χ0) is 17.8. The maximum atomic E-state index is 11.5. The number of nitrogens with one attached hydrogen (secondary N) is 2. The number of piperazine rings is 1. The second kappa shape index (κ2) is 7.52. The van der Waals surface area contributed by atoms with Crippen LogP contribution in [0.3, 0.4) is 0 Å². The molecule has 0 aliphatic carbocycles. The molecule has 2 aromatic carbocycles. The zero-order valence-corrected chi connectivity index (χ0v) is 15.0. The van der Waals surface area contributed by atoms with Gasteiger partial charge in [0.15, 0.2) is 0 Å². The third-order valence-electron chi connectivity index (χ3n) is 3.98. The molecule has 1 fully saturated rings. The number of carbonyl (C=O) groups is 1. The highest BCUT2D eigenvalue weighted by atomic mass is 79.9. The Morgan fingerprint density at radius 1 is 1.24 bits per heavy atom. The van der Waals surface area contributed by atoms with Crippen LogP contribution in [-0.4, -0.2) is 30.5 Å². The van der Waals surface area contributed by atoms with Crippen molar-refractivity contribution < 1.29 is 9.72 Å². The van der Waals surface area contributed by atoms with Crippen LogP contribution in [0.2, 0.25) is 0 Å². The van der Waals surface area contributed by atoms with Gasteiger partial charge in [0.05, 0.1) is 11.5 Å². The van der Waals surface area contributed by atoms with Crippen LogP contribution < -0.4 is 15.5 Å². The normalized spacial score (nSPS) is 14.1. The summed E-state index contributed by atoms with van der Waals surface area (Å²) < 4.78 is 0.666. The number of nitro benzene ring substituents is 1. The molecule has 8 heteroatoms. The first-order valence-electron chi connectivity index (χ1n) is 7.81. The van der Waals surface area contributed by atoms with Gasteiger partial charge >= 0.3 is 0 Å². The summed E-state index contributed by atoms with van der Waals surface area (Å²) in [6.45, 7) is 2.27. The van der Waals surface area contributed by atoms with Gasteiger partial charge in [0, 0.05) is 35.9 Å². The zero-order valence-electron chi connectivity index (χ0n) is 13.4. The fourth-order valence-electron chi connectivity index (χ4n) is 2.69. The molecule has 1 aliphatic heterocycles. The third-order valence-corrected chi connectivity index (χ3v) is 4.47. The quantitative estimate of drug-likeness (QED) is 0.590. The summed E-state index contributed by atoms with van der Waals surface area (Å²) >= 11 is 3.25. The molecule has 1 amide bonds. The Bertz CT molecular complexity index is 795. The summed E-state index contributed by atoms with van der Waals surface area (Å²) in [6, 6.07) is 12.8. The van der Waals surface area contributed by atoms with Crippen LogP contribution in [0, 0.1) is 10.1 Å². The van der Waals surface area contributed by atoms with E-state index in [0.29, 0.717) is 29.8 Å². The molecule has 7 nitrogen and oxygen atoms in total. The van der Waals surface area contributed by atoms with Gasteiger partial charge < -0.3 is 15.5 Å². The summed E-state index contributed by atoms with van der Waals surface area (Å²) in [6.07, 6.45) is 0. The molecule has 0 aromatic heterocycles. The molecule has 1 aliphatic rings. The number of hydrogen-bond donors (Lipinski definition) is 2. The Hall–Kier alpha value is -2.61. The molecule has 0 bridgehead atoms. The topological polar surface area (TPSA) is 87.5 Å². The average Bonchev–Trinajstić information content (AvgIpc) is 2.61. The molecule has 2 N–H and O–H groups in total. The van der Waals surface area contributed by atoms with Crippen molar-refractivity contribution >= 4 is 38.9 Å². The smallest absolute Gasteiger partial charge is 0.293 e. The number of carbonyl (C=O) groups excluding carboxylic acids is 1. The van der Waals surface area contributed by atoms with Gasteiger partial charge in [-0.1, -0.05) is 28.1 Å². The summed E-state index contributed by atoms with van der Waals surface area (Å²) in [7, 11) is 0. The Labute approximate surface area is 153 Å². The van der Waals surface area contributed by atoms with Crippen molar-refractivity contribution in [2.75, 3.05) is 29.9 Å². The molecule has 1 saturated heterocycles. The van der Waals surface area contributed by atoms with E-state index in [4.69, 9.17) is 0 Å². The van der Waals surface area contributed by atoms with Gasteiger partial charge in [0.2, 0.25) is 5.91 Å². The fraction of sp³-hybridized carbons (Fsp3) is 0.235. The number of hydrogen-bond acceptors (Lipinski definition) is 5. The van der Waals surface area contributed by atoms with Crippen molar-refractivity contribution in [3.05, 3.63) is 62.6 Å². The molecule has 0 atom stereocenters. The number of halogens is 1. The minimum Gasteiger partial charge on any atom is -0.375 e. The number of amides is 1. The Morgan fingerprint density at radius 2 is 2.00 bits per heavy atom. The molecule has 0 spiro atoms. The van der Waals surface area contributed by atoms with E-state index in [2.05, 4.69) is 26.6 Å². The van der Waals surface area contributed by atoms with Crippen LogP contribution in [0.5, 0.6) is 0 Å². The standard InChI is InChI=1S/C17H17BrN4O3/c18-13-3-6-15(16(9-13)22(24)25)20-10-12-1-4-14(5-2-12)21-8-7-19-17(23)11-21/h1-6,9,20H,7-8,10-11H2,(H,19,23). The van der Waals surface area contributed by atoms with Crippen LogP contribution in [0.1, 0.15) is 5.56 Å². The van der Waals surface area contributed by atoms with E-state index in [1.165, 1.54) is 6.07 Å². The van der Waals surface area contributed by atoms with E-state index < -0.39 is 4.92 Å². The van der Waals surface area contributed by atoms with E-state index in [-0.39, 0.29) is 11.6 Å². The van der Waals surface area contributed by atoms with Crippen molar-refractivity contribution in [3.63, 3.8) is 0 Å². The Balaban J connectivity index is 1.66. The molecule has 1 heterocycles. The highest BCUT2D eigenvalue weighted by Crippen LogP contribution is 2.28. The van der Waals surface area contributed by atoms with E-state index in [0.717, 1.165) is 17.8 Å². The van der Waals surface area contributed by atoms with Gasteiger partial charge in [0.25, 0.3) is 5.69 Å². The van der Waals surface area contributed by atoms with Crippen molar-refractivity contribution in [2.24, 2.45) is 0 Å². The lowest BCUT2D eigenvalue weighted by Crippen LogP contribution is -2.47. The summed E-state index contributed by atoms with van der Waals surface area (Å²) in [5, 5.41) is 17.0. The summed E-state index contributed by atoms with van der Waals surface area (Å²) in [5.41, 5.74) is 2.51. The van der Waals surface area contributed by atoms with Crippen molar-refractivity contribution in [1.82, 2.24) is 5.32 Å². The number of benzene rings is 2. The van der Waals surface area contributed by atoms with Crippen molar-refractivity contribution in [1.29, 1.82) is 0 Å². The van der Waals surface area contributed by atoms with E-state index in [1.807, 2.05) is 29.2 Å². The summed E-state index contributed by atoms with van der Waals surface area (Å²) in [5.74, 6) is 0.0274. The van der Waals surface area contributed by atoms with Crippen LogP contribution in [-0.2, 0) is 11.3 Å². The van der Waals surface area contributed by atoms with Crippen LogP contribution in [0.25, 0.3) is 0 Å². The molecule has 3 rings (SSSR count). The minimum absolute atomic E-state index is 0.0274. The first-order valence-corrected chi connectivity index (χ1v) is 8.60. The molecular weight excluding hydrogens is 388 g/mol. The highest BCUT2D eigenvalue weighted by molar-refractivity contribution is 9.10. The second-order valence-electron chi connectivity index (χ2n) is 5.71. The SMILES string of the molecule is O=C1CN(c2ccc(CNc3ccc(Br)cc3[N+](=O)[O-])cc2)CCN1. The maximum absolute atomic E-state index is 11.5. The summed E-state index contributed by atoms with van der Waals surface area (Å²) in [4.78, 5) is 24.2. The number of nitrogens with zero attached hydrogens (tertiary/aromatic N) is 2. The van der Waals surface area contributed by atoms with Crippen LogP contribution in [0.15, 0.2) is 46.9 Å². The third kappa shape index (κ3) is 4.27. The van der Waals surface area contributed by atoms with Crippen molar-refractivity contribution in [3.8, 4) is 0 Å². The van der Waals surface area contributed by atoms with Gasteiger partial charge in [-0.2, -0.15) is 0 Å². The van der Waals surface area contributed by atoms with E-state index in [9.17, 15) is 14.9 Å². The van der Waals surface area contributed by atoms with Crippen LogP contribution >= 0.6 is 15.9 Å². The van der Waals surface area contributed by atoms with Gasteiger partial charge in [-0.05, 0) is 29.8 Å². The van der Waals surface area contributed by atoms with Gasteiger partial charge in [0.1, 0.15) is 5.69 Å².